The smallest absolute Gasteiger partial charge is 0.263 e. The van der Waals surface area contributed by atoms with Crippen LogP contribution in [-0.4, -0.2) is 26.8 Å². The number of methoxy groups -OCH3 is 1. The molecule has 0 saturated heterocycles. The van der Waals surface area contributed by atoms with Gasteiger partial charge in [-0.1, -0.05) is 47.6 Å². The molecule has 0 aliphatic rings. The molecule has 0 fully saturated rings. The van der Waals surface area contributed by atoms with Gasteiger partial charge in [-0.3, -0.25) is 9.36 Å². The summed E-state index contributed by atoms with van der Waals surface area (Å²) in [5.74, 6) is 1.37. The normalized spacial score (nSPS) is 11.1. The van der Waals surface area contributed by atoms with Gasteiger partial charge in [0, 0.05) is 10.9 Å². The Bertz CT molecular complexity index is 1390. The molecule has 2 aromatic carbocycles. The summed E-state index contributed by atoms with van der Waals surface area (Å²) >= 11 is 1.45. The average molecular weight is 416 g/mol. The van der Waals surface area contributed by atoms with Crippen LogP contribution >= 0.6 is 11.3 Å². The molecule has 30 heavy (non-hydrogen) atoms. The lowest BCUT2D eigenvalue weighted by Gasteiger charge is -2.04. The van der Waals surface area contributed by atoms with Crippen LogP contribution in [0.5, 0.6) is 5.75 Å². The summed E-state index contributed by atoms with van der Waals surface area (Å²) in [6.45, 7) is 0.133. The van der Waals surface area contributed by atoms with E-state index in [0.29, 0.717) is 27.7 Å². The van der Waals surface area contributed by atoms with Gasteiger partial charge in [0.1, 0.15) is 17.1 Å². The Morgan fingerprint density at radius 3 is 2.70 bits per heavy atom. The lowest BCUT2D eigenvalue weighted by Crippen LogP contribution is -2.21. The van der Waals surface area contributed by atoms with Gasteiger partial charge in [-0.15, -0.1) is 11.3 Å². The van der Waals surface area contributed by atoms with Crippen LogP contribution in [0.15, 0.2) is 75.6 Å². The van der Waals surface area contributed by atoms with E-state index in [1.165, 1.54) is 22.2 Å². The first-order valence-electron chi connectivity index (χ1n) is 9.22. The third-order valence-corrected chi connectivity index (χ3v) is 5.65. The van der Waals surface area contributed by atoms with E-state index in [4.69, 9.17) is 9.26 Å². The molecule has 0 atom stereocenters. The summed E-state index contributed by atoms with van der Waals surface area (Å²) in [6.07, 6.45) is 1.52. The van der Waals surface area contributed by atoms with E-state index in [2.05, 4.69) is 15.1 Å². The minimum Gasteiger partial charge on any atom is -0.496 e. The van der Waals surface area contributed by atoms with Crippen molar-refractivity contribution in [3.8, 4) is 28.3 Å². The highest BCUT2D eigenvalue weighted by Crippen LogP contribution is 2.30. The molecule has 0 radical (unpaired) electrons. The van der Waals surface area contributed by atoms with Gasteiger partial charge >= 0.3 is 0 Å². The minimum atomic E-state index is -0.142. The Labute approximate surface area is 175 Å². The maximum Gasteiger partial charge on any atom is 0.263 e. The summed E-state index contributed by atoms with van der Waals surface area (Å²) in [6, 6.07) is 17.2. The fourth-order valence-corrected chi connectivity index (χ4v) is 4.22. The number of aromatic nitrogens is 4. The highest BCUT2D eigenvalue weighted by molar-refractivity contribution is 7.17. The summed E-state index contributed by atoms with van der Waals surface area (Å²) < 4.78 is 12.2. The van der Waals surface area contributed by atoms with E-state index in [1.807, 2.05) is 60.0 Å². The number of nitrogens with zero attached hydrogens (tertiary/aromatic N) is 4. The zero-order valence-corrected chi connectivity index (χ0v) is 16.8. The molecule has 5 aromatic rings. The molecule has 3 aromatic heterocycles. The molecule has 7 nitrogen and oxygen atoms in total. The van der Waals surface area contributed by atoms with Crippen molar-refractivity contribution in [3.05, 3.63) is 82.5 Å². The van der Waals surface area contributed by atoms with Crippen LogP contribution in [0.3, 0.4) is 0 Å². The van der Waals surface area contributed by atoms with Crippen LogP contribution in [0.1, 0.15) is 5.89 Å². The maximum atomic E-state index is 13.2. The van der Waals surface area contributed by atoms with Crippen molar-refractivity contribution >= 4 is 21.6 Å². The van der Waals surface area contributed by atoms with Gasteiger partial charge in [-0.2, -0.15) is 4.98 Å². The van der Waals surface area contributed by atoms with E-state index in [0.717, 1.165) is 16.7 Å². The molecular weight excluding hydrogens is 400 g/mol. The second-order valence-corrected chi connectivity index (χ2v) is 7.44. The number of hydrogen-bond acceptors (Lipinski definition) is 7. The molecule has 0 aliphatic heterocycles. The lowest BCUT2D eigenvalue weighted by atomic mass is 10.1. The number of rotatable bonds is 5. The Balaban J connectivity index is 1.52. The number of para-hydroxylation sites is 1. The second-order valence-electron chi connectivity index (χ2n) is 6.59. The molecule has 148 valence electrons. The first kappa shape index (κ1) is 18.3. The molecule has 5 rings (SSSR count). The fourth-order valence-electron chi connectivity index (χ4n) is 3.31. The van der Waals surface area contributed by atoms with Crippen molar-refractivity contribution < 1.29 is 9.26 Å². The molecule has 0 unspecified atom stereocenters. The van der Waals surface area contributed by atoms with Crippen molar-refractivity contribution in [2.24, 2.45) is 0 Å². The SMILES string of the molecule is COc1ccccc1-c1noc(Cn2cnc3scc(-c4ccccc4)c3c2=O)n1. The van der Waals surface area contributed by atoms with Crippen LogP contribution in [0.2, 0.25) is 0 Å². The Kier molecular flexibility index (Phi) is 4.61. The molecule has 0 spiro atoms. The predicted molar refractivity (Wildman–Crippen MR) is 115 cm³/mol. The summed E-state index contributed by atoms with van der Waals surface area (Å²) in [4.78, 5) is 22.8. The largest absolute Gasteiger partial charge is 0.496 e. The first-order valence-corrected chi connectivity index (χ1v) is 10.1. The highest BCUT2D eigenvalue weighted by Gasteiger charge is 2.16. The van der Waals surface area contributed by atoms with Gasteiger partial charge in [0.2, 0.25) is 11.7 Å². The highest BCUT2D eigenvalue weighted by atomic mass is 32.1. The first-order chi connectivity index (χ1) is 14.7. The van der Waals surface area contributed by atoms with E-state index in [-0.39, 0.29) is 12.1 Å². The van der Waals surface area contributed by atoms with Gasteiger partial charge in [-0.25, -0.2) is 4.98 Å². The fraction of sp³-hybridized carbons (Fsp3) is 0.0909. The van der Waals surface area contributed by atoms with E-state index in [1.54, 1.807) is 7.11 Å². The lowest BCUT2D eigenvalue weighted by molar-refractivity contribution is 0.369. The standard InChI is InChI=1S/C22H16N4O3S/c1-28-17-10-6-5-9-15(17)20-24-18(29-25-20)11-26-13-23-21-19(22(26)27)16(12-30-21)14-7-3-2-4-8-14/h2-10,12-13H,11H2,1H3. The van der Waals surface area contributed by atoms with Crippen molar-refractivity contribution in [1.82, 2.24) is 19.7 Å². The molecule has 3 heterocycles. The number of ether oxygens (including phenoxy) is 1. The van der Waals surface area contributed by atoms with Crippen LogP contribution in [0.25, 0.3) is 32.7 Å². The van der Waals surface area contributed by atoms with Crippen LogP contribution in [0.4, 0.5) is 0 Å². The van der Waals surface area contributed by atoms with Gasteiger partial charge in [0.25, 0.3) is 5.56 Å². The monoisotopic (exact) mass is 416 g/mol. The molecular formula is C22H16N4O3S. The van der Waals surface area contributed by atoms with Crippen molar-refractivity contribution in [2.75, 3.05) is 7.11 Å². The van der Waals surface area contributed by atoms with Crippen LogP contribution in [-0.2, 0) is 6.54 Å². The van der Waals surface area contributed by atoms with Crippen molar-refractivity contribution in [2.45, 2.75) is 6.54 Å². The van der Waals surface area contributed by atoms with Gasteiger partial charge in [0.15, 0.2) is 0 Å². The molecule has 0 aliphatic carbocycles. The number of fused-ring (bicyclic) bond motifs is 1. The number of hydrogen-bond donors (Lipinski definition) is 0. The van der Waals surface area contributed by atoms with Crippen LogP contribution < -0.4 is 10.3 Å². The summed E-state index contributed by atoms with van der Waals surface area (Å²) in [5.41, 5.74) is 2.44. The van der Waals surface area contributed by atoms with E-state index < -0.39 is 0 Å². The molecule has 8 heteroatoms. The predicted octanol–water partition coefficient (Wildman–Crippen LogP) is 4.23. The Morgan fingerprint density at radius 2 is 1.87 bits per heavy atom. The Morgan fingerprint density at radius 1 is 1.07 bits per heavy atom. The molecule has 0 N–H and O–H groups in total. The topological polar surface area (TPSA) is 83.0 Å². The van der Waals surface area contributed by atoms with Gasteiger partial charge in [0.05, 0.1) is 24.4 Å². The second kappa shape index (κ2) is 7.57. The quantitative estimate of drug-likeness (QED) is 0.426. The molecule has 0 amide bonds. The van der Waals surface area contributed by atoms with Gasteiger partial charge < -0.3 is 9.26 Å². The number of benzene rings is 2. The molecule has 0 bridgehead atoms. The summed E-state index contributed by atoms with van der Waals surface area (Å²) in [7, 11) is 1.59. The third-order valence-electron chi connectivity index (χ3n) is 4.77. The van der Waals surface area contributed by atoms with Gasteiger partial charge in [-0.05, 0) is 17.7 Å². The Hall–Kier alpha value is -3.78. The third kappa shape index (κ3) is 3.17. The van der Waals surface area contributed by atoms with E-state index in [9.17, 15) is 4.79 Å². The van der Waals surface area contributed by atoms with E-state index >= 15 is 0 Å². The molecule has 0 saturated carbocycles. The average Bonchev–Trinajstić information content (AvgIpc) is 3.44. The number of thiophene rings is 1. The zero-order chi connectivity index (χ0) is 20.5. The van der Waals surface area contributed by atoms with Crippen LogP contribution in [0, 0.1) is 0 Å². The minimum absolute atomic E-state index is 0.133. The summed E-state index contributed by atoms with van der Waals surface area (Å²) in [5, 5.41) is 6.60. The van der Waals surface area contributed by atoms with Crippen molar-refractivity contribution in [3.63, 3.8) is 0 Å². The zero-order valence-electron chi connectivity index (χ0n) is 16.0. The maximum absolute atomic E-state index is 13.2. The van der Waals surface area contributed by atoms with Crippen molar-refractivity contribution in [1.29, 1.82) is 0 Å².